The van der Waals surface area contributed by atoms with E-state index in [2.05, 4.69) is 0 Å². The Balaban J connectivity index is 1.81. The third-order valence-corrected chi connectivity index (χ3v) is 8.62. The lowest BCUT2D eigenvalue weighted by molar-refractivity contribution is -0.422. The number of rotatable bonds is 0. The number of ether oxygens (including phenoxy) is 1. The van der Waals surface area contributed by atoms with Crippen molar-refractivity contribution >= 4 is 11.6 Å². The molecule has 0 aromatic rings. The molecule has 3 saturated carbocycles. The summed E-state index contributed by atoms with van der Waals surface area (Å²) >= 11 is 0. The van der Waals surface area contributed by atoms with Gasteiger partial charge in [0.25, 0.3) is 0 Å². The van der Waals surface area contributed by atoms with Crippen LogP contribution in [0.15, 0.2) is 12.2 Å². The van der Waals surface area contributed by atoms with Gasteiger partial charge in [-0.2, -0.15) is 0 Å². The summed E-state index contributed by atoms with van der Waals surface area (Å²) in [5, 5.41) is 33.7. The highest BCUT2D eigenvalue weighted by Crippen LogP contribution is 2.75. The van der Waals surface area contributed by atoms with Gasteiger partial charge in [-0.05, 0) is 49.5 Å². The van der Waals surface area contributed by atoms with Crippen LogP contribution in [0.2, 0.25) is 0 Å². The van der Waals surface area contributed by atoms with Crippen molar-refractivity contribution in [2.24, 2.45) is 34.0 Å². The molecule has 6 heteroatoms. The van der Waals surface area contributed by atoms with Crippen molar-refractivity contribution < 1.29 is 29.6 Å². The maximum Gasteiger partial charge on any atom is 0.205 e. The predicted molar refractivity (Wildman–Crippen MR) is 89.7 cm³/mol. The zero-order valence-corrected chi connectivity index (χ0v) is 15.4. The lowest BCUT2D eigenvalue weighted by atomic mass is 9.37. The third kappa shape index (κ3) is 1.39. The Bertz CT molecular complexity index is 768. The zero-order chi connectivity index (χ0) is 18.9. The molecule has 26 heavy (non-hydrogen) atoms. The number of carbonyl (C=O) groups excluding carboxylic acids is 2. The smallest absolute Gasteiger partial charge is 0.205 e. The van der Waals surface area contributed by atoms with Crippen LogP contribution in [0.5, 0.6) is 0 Å². The molecule has 2 spiro atoms. The van der Waals surface area contributed by atoms with Crippen molar-refractivity contribution in [3.8, 4) is 0 Å². The minimum Gasteiger partial charge on any atom is -0.387 e. The second-order valence-electron chi connectivity index (χ2n) is 9.95. The predicted octanol–water partition coefficient (Wildman–Crippen LogP) is 0.584. The second-order valence-corrected chi connectivity index (χ2v) is 9.95. The van der Waals surface area contributed by atoms with Crippen LogP contribution in [0.4, 0.5) is 0 Å². The van der Waals surface area contributed by atoms with E-state index < -0.39 is 51.4 Å². The van der Waals surface area contributed by atoms with Crippen LogP contribution in [0.25, 0.3) is 0 Å². The molecule has 3 N–H and O–H groups in total. The van der Waals surface area contributed by atoms with E-state index in [0.717, 1.165) is 0 Å². The molecule has 142 valence electrons. The Labute approximate surface area is 152 Å². The highest BCUT2D eigenvalue weighted by molar-refractivity contribution is 6.02. The maximum atomic E-state index is 13.4. The third-order valence-electron chi connectivity index (χ3n) is 8.62. The molecule has 6 aliphatic rings. The first-order valence-corrected chi connectivity index (χ1v) is 9.51. The Morgan fingerprint density at radius 2 is 1.85 bits per heavy atom. The van der Waals surface area contributed by atoms with Gasteiger partial charge in [0, 0.05) is 5.92 Å². The van der Waals surface area contributed by atoms with Crippen molar-refractivity contribution in [3.05, 3.63) is 12.2 Å². The highest BCUT2D eigenvalue weighted by Gasteiger charge is 2.86. The summed E-state index contributed by atoms with van der Waals surface area (Å²) in [7, 11) is 0. The van der Waals surface area contributed by atoms with Gasteiger partial charge in [-0.3, -0.25) is 9.59 Å². The average Bonchev–Trinajstić information content (AvgIpc) is 2.72. The van der Waals surface area contributed by atoms with Crippen LogP contribution >= 0.6 is 0 Å². The Morgan fingerprint density at radius 1 is 1.15 bits per heavy atom. The average molecular weight is 362 g/mol. The minimum absolute atomic E-state index is 0.00430. The van der Waals surface area contributed by atoms with Crippen LogP contribution in [-0.4, -0.2) is 51.0 Å². The van der Waals surface area contributed by atoms with Gasteiger partial charge in [0.2, 0.25) is 5.79 Å². The first kappa shape index (κ1) is 17.0. The number of ketones is 2. The maximum absolute atomic E-state index is 13.4. The van der Waals surface area contributed by atoms with Gasteiger partial charge in [0.05, 0.1) is 17.4 Å². The fraction of sp³-hybridized carbons (Fsp3) is 0.800. The van der Waals surface area contributed by atoms with Crippen LogP contribution in [0, 0.1) is 34.0 Å². The van der Waals surface area contributed by atoms with E-state index in [1.54, 1.807) is 12.2 Å². The highest BCUT2D eigenvalue weighted by atomic mass is 16.6. The first-order chi connectivity index (χ1) is 12.0. The van der Waals surface area contributed by atoms with Crippen molar-refractivity contribution in [2.75, 3.05) is 6.61 Å². The minimum atomic E-state index is -2.07. The van der Waals surface area contributed by atoms with Crippen LogP contribution < -0.4 is 0 Å². The summed E-state index contributed by atoms with van der Waals surface area (Å²) in [6.45, 7) is 5.39. The molecule has 6 rings (SSSR count). The van der Waals surface area contributed by atoms with Crippen molar-refractivity contribution in [1.82, 2.24) is 0 Å². The molecule has 0 amide bonds. The lowest BCUT2D eigenvalue weighted by Crippen LogP contribution is -2.82. The summed E-state index contributed by atoms with van der Waals surface area (Å²) in [5.41, 5.74) is -4.55. The van der Waals surface area contributed by atoms with Crippen LogP contribution in [0.1, 0.15) is 40.0 Å². The van der Waals surface area contributed by atoms with E-state index in [4.69, 9.17) is 4.74 Å². The van der Waals surface area contributed by atoms with Gasteiger partial charge in [-0.15, -0.1) is 0 Å². The van der Waals surface area contributed by atoms with Crippen molar-refractivity contribution in [3.63, 3.8) is 0 Å². The van der Waals surface area contributed by atoms with Gasteiger partial charge in [0.15, 0.2) is 11.6 Å². The zero-order valence-electron chi connectivity index (χ0n) is 15.4. The van der Waals surface area contributed by atoms with Gasteiger partial charge in [-0.1, -0.05) is 19.9 Å². The molecular formula is C20H26O6. The van der Waals surface area contributed by atoms with Gasteiger partial charge < -0.3 is 20.1 Å². The number of aliphatic hydroxyl groups excluding tert-OH is 1. The van der Waals surface area contributed by atoms with Gasteiger partial charge in [0.1, 0.15) is 11.7 Å². The van der Waals surface area contributed by atoms with Gasteiger partial charge >= 0.3 is 0 Å². The standard InChI is InChI=1S/C20H26O6/c1-16(2)7-6-12(21)18-9-26-20(25,14(22)13(16)18)19-8-10(4-5-11(18)19)17(3,24)15(19)23/h6-7,10-11,13-14,22,24-25H,4-5,8-9H2,1-3H3/t10-,11+,13-,14+,17+,18-,19+,20-/m1/s1. The number of hydrogen-bond donors (Lipinski definition) is 3. The Morgan fingerprint density at radius 3 is 2.54 bits per heavy atom. The molecule has 8 atom stereocenters. The van der Waals surface area contributed by atoms with E-state index in [1.807, 2.05) is 13.8 Å². The number of aliphatic hydroxyl groups is 3. The quantitative estimate of drug-likeness (QED) is 0.582. The van der Waals surface area contributed by atoms with E-state index in [9.17, 15) is 24.9 Å². The topological polar surface area (TPSA) is 104 Å². The number of fused-ring (bicyclic) bond motifs is 2. The first-order valence-electron chi connectivity index (χ1n) is 9.51. The number of carbonyl (C=O) groups is 2. The molecule has 0 aromatic heterocycles. The Hall–Kier alpha value is -1.08. The summed E-state index contributed by atoms with van der Waals surface area (Å²) in [5.74, 6) is -3.93. The molecule has 2 heterocycles. The summed E-state index contributed by atoms with van der Waals surface area (Å²) < 4.78 is 5.77. The molecule has 5 fully saturated rings. The molecule has 2 aliphatic heterocycles. The van der Waals surface area contributed by atoms with Crippen LogP contribution in [-0.2, 0) is 14.3 Å². The fourth-order valence-electron chi connectivity index (χ4n) is 7.51. The fourth-order valence-corrected chi connectivity index (χ4v) is 7.51. The van der Waals surface area contributed by atoms with E-state index in [-0.39, 0.29) is 24.7 Å². The molecule has 6 nitrogen and oxygen atoms in total. The van der Waals surface area contributed by atoms with E-state index in [0.29, 0.717) is 12.8 Å². The van der Waals surface area contributed by atoms with E-state index in [1.165, 1.54) is 6.92 Å². The van der Waals surface area contributed by atoms with Gasteiger partial charge in [-0.25, -0.2) is 0 Å². The second kappa shape index (κ2) is 4.32. The lowest BCUT2D eigenvalue weighted by Gasteiger charge is -2.71. The molecule has 4 aliphatic carbocycles. The number of hydrogen-bond acceptors (Lipinski definition) is 6. The SMILES string of the molecule is CC1(C)C=CC(=O)[C@]23CO[C@](O)([C@@H](O)[C@H]12)[C@@]12C[C@@H](CC[C@@H]31)[C@](C)(O)C2=O. The van der Waals surface area contributed by atoms with Crippen molar-refractivity contribution in [2.45, 2.75) is 57.5 Å². The number of allylic oxidation sites excluding steroid dienone is 2. The molecule has 0 unspecified atom stereocenters. The largest absolute Gasteiger partial charge is 0.387 e. The molecule has 0 aromatic carbocycles. The summed E-state index contributed by atoms with van der Waals surface area (Å²) in [6, 6.07) is 0. The van der Waals surface area contributed by atoms with Crippen molar-refractivity contribution in [1.29, 1.82) is 0 Å². The Kier molecular flexibility index (Phi) is 2.83. The normalized spacial score (nSPS) is 59.3. The van der Waals surface area contributed by atoms with E-state index >= 15 is 0 Å². The molecular weight excluding hydrogens is 336 g/mol. The summed E-state index contributed by atoms with van der Waals surface area (Å²) in [4.78, 5) is 26.6. The monoisotopic (exact) mass is 362 g/mol. The molecule has 2 saturated heterocycles. The molecule has 0 radical (unpaired) electrons. The molecule has 4 bridgehead atoms. The summed E-state index contributed by atoms with van der Waals surface area (Å²) in [6.07, 6.45) is 3.43. The van der Waals surface area contributed by atoms with Crippen LogP contribution in [0.3, 0.4) is 0 Å². The number of Topliss-reactive ketones (excluding diaryl/α,β-unsaturated/α-hetero) is 1.